The molecule has 6 aliphatic rings. The third-order valence-corrected chi connectivity index (χ3v) is 20.7. The van der Waals surface area contributed by atoms with Gasteiger partial charge in [0.15, 0.2) is 5.88 Å². The van der Waals surface area contributed by atoms with Crippen LogP contribution in [-0.4, -0.2) is 45.9 Å². The van der Waals surface area contributed by atoms with E-state index in [9.17, 15) is 0 Å². The monoisotopic (exact) mass is 977 g/mol. The van der Waals surface area contributed by atoms with Crippen molar-refractivity contribution in [3.05, 3.63) is 105 Å². The molecular formula is C66H74B6N2O. The van der Waals surface area contributed by atoms with Crippen molar-refractivity contribution in [2.24, 2.45) is 0 Å². The standard InChI is InChI=1S/C66H74B6N2O/c1-59(2)21-23-61(5,6)40-31-36(17-19-38(40)59)73-45-34-43-42(63(9,10)25-26-64(43,11)12)33-44(45)72-55-46(73)29-35(48-50(67)52(69)54(71)53(70)51(48)68)30-47(55)74(37-18-20-39-41(32-37)62(7,8)24-22-60(39,3)4)58-56(72)49-57(75-58)66(15,16)28-27-65(49,13)14/h17-20,29-34H,21-28H2,1-16H3. The Kier molecular flexibility index (Phi) is 10.8. The minimum atomic E-state index is -0.201. The molecule has 0 fully saturated rings. The molecule has 75 heavy (non-hydrogen) atoms. The third-order valence-electron chi connectivity index (χ3n) is 20.7. The molecule has 5 aromatic carbocycles. The molecule has 0 amide bonds. The van der Waals surface area contributed by atoms with E-state index in [2.05, 4.69) is 181 Å². The van der Waals surface area contributed by atoms with Crippen LogP contribution in [0.2, 0.25) is 0 Å². The van der Waals surface area contributed by atoms with E-state index in [0.717, 1.165) is 91.3 Å². The van der Waals surface area contributed by atoms with E-state index < -0.39 is 0 Å². The van der Waals surface area contributed by atoms with Crippen LogP contribution < -0.4 is 53.5 Å². The Morgan fingerprint density at radius 2 is 0.773 bits per heavy atom. The molecule has 0 atom stereocenters. The molecule has 0 N–H and O–H groups in total. The molecule has 0 unspecified atom stereocenters. The average Bonchev–Trinajstić information content (AvgIpc) is 3.84. The molecule has 2 aliphatic heterocycles. The summed E-state index contributed by atoms with van der Waals surface area (Å²) in [6, 6.07) is 24.5. The first-order valence-electron chi connectivity index (χ1n) is 28.2. The molecule has 0 saturated heterocycles. The lowest BCUT2D eigenvalue weighted by Gasteiger charge is -2.48. The molecule has 12 rings (SSSR count). The van der Waals surface area contributed by atoms with Gasteiger partial charge in [-0.15, -0.1) is 16.4 Å². The summed E-state index contributed by atoms with van der Waals surface area (Å²) >= 11 is 0. The number of anilines is 6. The summed E-state index contributed by atoms with van der Waals surface area (Å²) in [5.41, 5.74) is 21.5. The van der Waals surface area contributed by atoms with Crippen LogP contribution in [0.1, 0.15) is 207 Å². The second-order valence-electron chi connectivity index (χ2n) is 29.5. The minimum Gasteiger partial charge on any atom is -0.444 e. The molecule has 0 saturated carbocycles. The molecule has 4 aliphatic carbocycles. The van der Waals surface area contributed by atoms with Crippen LogP contribution in [-0.2, 0) is 43.3 Å². The van der Waals surface area contributed by atoms with Gasteiger partial charge in [-0.05, 0) is 198 Å². The van der Waals surface area contributed by atoms with E-state index in [1.54, 1.807) is 0 Å². The van der Waals surface area contributed by atoms with E-state index in [1.165, 1.54) is 61.0 Å². The highest BCUT2D eigenvalue weighted by molar-refractivity contribution is 7.00. The van der Waals surface area contributed by atoms with Crippen LogP contribution >= 0.6 is 0 Å². The molecule has 1 aromatic heterocycles. The number of rotatable bonds is 3. The van der Waals surface area contributed by atoms with E-state index in [1.807, 2.05) is 0 Å². The van der Waals surface area contributed by atoms with Crippen molar-refractivity contribution in [3.8, 4) is 11.1 Å². The Hall–Kier alpha value is -4.63. The first-order valence-corrected chi connectivity index (χ1v) is 28.2. The lowest BCUT2D eigenvalue weighted by atomic mass is 9.32. The molecule has 0 spiro atoms. The summed E-state index contributed by atoms with van der Waals surface area (Å²) in [4.78, 5) is 5.07. The largest absolute Gasteiger partial charge is 0.444 e. The molecule has 10 radical (unpaired) electrons. The number of fused-ring (bicyclic) bond motifs is 9. The van der Waals surface area contributed by atoms with Crippen LogP contribution in [0.4, 0.5) is 34.3 Å². The van der Waals surface area contributed by atoms with Gasteiger partial charge in [0.2, 0.25) is 0 Å². The van der Waals surface area contributed by atoms with Crippen molar-refractivity contribution >= 4 is 124 Å². The lowest BCUT2D eigenvalue weighted by molar-refractivity contribution is 0.280. The summed E-state index contributed by atoms with van der Waals surface area (Å²) in [7, 11) is 34.5. The first-order chi connectivity index (χ1) is 34.7. The number of hydrogen-bond donors (Lipinski definition) is 0. The van der Waals surface area contributed by atoms with Crippen molar-refractivity contribution in [2.45, 2.75) is 205 Å². The number of hydrogen-bond acceptors (Lipinski definition) is 3. The zero-order chi connectivity index (χ0) is 54.0. The van der Waals surface area contributed by atoms with Crippen molar-refractivity contribution in [1.82, 2.24) is 0 Å². The van der Waals surface area contributed by atoms with Gasteiger partial charge in [-0.25, -0.2) is 0 Å². The van der Waals surface area contributed by atoms with Crippen LogP contribution in [0.25, 0.3) is 11.1 Å². The summed E-state index contributed by atoms with van der Waals surface area (Å²) in [6.45, 7) is 38.7. The first kappa shape index (κ1) is 51.1. The fourth-order valence-electron chi connectivity index (χ4n) is 15.2. The normalized spacial score (nSPS) is 21.9. The number of nitrogens with zero attached hydrogens (tertiary/aromatic N) is 2. The summed E-state index contributed by atoms with van der Waals surface area (Å²) in [6.07, 6.45) is 8.78. The topological polar surface area (TPSA) is 19.6 Å². The Labute approximate surface area is 457 Å². The minimum absolute atomic E-state index is 0.0260. The van der Waals surface area contributed by atoms with Gasteiger partial charge in [0.1, 0.15) is 45.0 Å². The SMILES string of the molecule is [B]c1c([B])c([B])c(-c2cc3c4c(c2)N(c2ccc5c(c2)C(C)(C)CCC5(C)C)c2oc5c(c2B4c2cc4c(cc2N3c2ccc3c(c2)C(C)(C)CCC3(C)C)C(C)(C)CCC4(C)C)C(C)(C)CCC5(C)C)c([B])c1[B]. The van der Waals surface area contributed by atoms with E-state index in [4.69, 9.17) is 43.6 Å². The van der Waals surface area contributed by atoms with Gasteiger partial charge < -0.3 is 9.32 Å². The van der Waals surface area contributed by atoms with Crippen molar-refractivity contribution < 1.29 is 4.42 Å². The fourth-order valence-corrected chi connectivity index (χ4v) is 15.2. The van der Waals surface area contributed by atoms with Gasteiger partial charge in [-0.2, -0.15) is 0 Å². The van der Waals surface area contributed by atoms with Gasteiger partial charge in [0.25, 0.3) is 6.71 Å². The predicted molar refractivity (Wildman–Crippen MR) is 326 cm³/mol. The van der Waals surface area contributed by atoms with Crippen molar-refractivity contribution in [3.63, 3.8) is 0 Å². The molecule has 3 nitrogen and oxygen atoms in total. The highest BCUT2D eigenvalue weighted by Crippen LogP contribution is 2.57. The van der Waals surface area contributed by atoms with Crippen LogP contribution in [0.15, 0.2) is 65.1 Å². The van der Waals surface area contributed by atoms with Gasteiger partial charge in [0.05, 0.1) is 0 Å². The predicted octanol–water partition coefficient (Wildman–Crippen LogP) is 10.4. The summed E-state index contributed by atoms with van der Waals surface area (Å²) in [5.74, 6) is 1.99. The number of furan rings is 1. The molecule has 6 aromatic rings. The smallest absolute Gasteiger partial charge is 0.256 e. The Balaban J connectivity index is 1.28. The van der Waals surface area contributed by atoms with Crippen molar-refractivity contribution in [2.75, 3.05) is 9.80 Å². The van der Waals surface area contributed by atoms with Gasteiger partial charge in [-0.1, -0.05) is 140 Å². The third kappa shape index (κ3) is 7.18. The number of benzene rings is 5. The van der Waals surface area contributed by atoms with E-state index in [-0.39, 0.29) is 66.4 Å². The maximum atomic E-state index is 7.81. The van der Waals surface area contributed by atoms with Gasteiger partial charge in [-0.3, -0.25) is 4.90 Å². The van der Waals surface area contributed by atoms with Crippen LogP contribution in [0, 0.1) is 0 Å². The molecular weight excluding hydrogens is 902 g/mol. The second-order valence-corrected chi connectivity index (χ2v) is 29.5. The Bertz CT molecular complexity index is 3460. The van der Waals surface area contributed by atoms with Gasteiger partial charge >= 0.3 is 0 Å². The quantitative estimate of drug-likeness (QED) is 0.165. The summed E-state index contributed by atoms with van der Waals surface area (Å²) < 4.78 is 7.81. The fraction of sp³-hybridized carbons (Fsp3) is 0.485. The lowest BCUT2D eigenvalue weighted by Crippen LogP contribution is -2.63. The molecule has 372 valence electrons. The van der Waals surface area contributed by atoms with Crippen molar-refractivity contribution in [1.29, 1.82) is 0 Å². The van der Waals surface area contributed by atoms with Gasteiger partial charge in [0, 0.05) is 33.9 Å². The van der Waals surface area contributed by atoms with E-state index in [0.29, 0.717) is 16.5 Å². The second kappa shape index (κ2) is 15.8. The average molecular weight is 976 g/mol. The maximum Gasteiger partial charge on any atom is 0.256 e. The maximum absolute atomic E-state index is 7.81. The highest BCUT2D eigenvalue weighted by atomic mass is 16.4. The Morgan fingerprint density at radius 1 is 0.387 bits per heavy atom. The molecule has 9 heteroatoms. The molecule has 3 heterocycles. The Morgan fingerprint density at radius 3 is 1.27 bits per heavy atom. The molecule has 0 bridgehead atoms. The van der Waals surface area contributed by atoms with Crippen LogP contribution in [0.5, 0.6) is 0 Å². The van der Waals surface area contributed by atoms with Crippen LogP contribution in [0.3, 0.4) is 0 Å². The highest BCUT2D eigenvalue weighted by Gasteiger charge is 2.54. The summed E-state index contributed by atoms with van der Waals surface area (Å²) in [5, 5.41) is 0. The zero-order valence-electron chi connectivity index (χ0n) is 48.2. The zero-order valence-corrected chi connectivity index (χ0v) is 48.2. The van der Waals surface area contributed by atoms with E-state index >= 15 is 0 Å².